The van der Waals surface area contributed by atoms with Gasteiger partial charge in [0, 0.05) is 0 Å². The first-order valence-electron chi connectivity index (χ1n) is 4.81. The van der Waals surface area contributed by atoms with Crippen LogP contribution >= 0.6 is 0 Å². The van der Waals surface area contributed by atoms with Crippen LogP contribution in [-0.4, -0.2) is 7.11 Å². The Balaban J connectivity index is 2.51. The summed E-state index contributed by atoms with van der Waals surface area (Å²) in [4.78, 5) is 0. The Hall–Kier alpha value is -1.50. The fraction of sp³-hybridized carbons (Fsp3) is 0.231. The Morgan fingerprint density at radius 3 is 2.86 bits per heavy atom. The first-order chi connectivity index (χ1) is 6.79. The maximum atomic E-state index is 5.19. The molecule has 72 valence electrons. The summed E-state index contributed by atoms with van der Waals surface area (Å²) in [6.45, 7) is 2.16. The topological polar surface area (TPSA) is 9.23 Å². The molecule has 0 saturated carbocycles. The van der Waals surface area contributed by atoms with Gasteiger partial charge in [-0.3, -0.25) is 0 Å². The highest BCUT2D eigenvalue weighted by molar-refractivity contribution is 5.70. The van der Waals surface area contributed by atoms with Crippen molar-refractivity contribution in [1.82, 2.24) is 0 Å². The van der Waals surface area contributed by atoms with Crippen LogP contribution < -0.4 is 4.74 Å². The van der Waals surface area contributed by atoms with Crippen molar-refractivity contribution >= 4 is 12.2 Å². The third-order valence-corrected chi connectivity index (χ3v) is 2.43. The minimum Gasteiger partial charge on any atom is -0.497 e. The molecule has 0 atom stereocenters. The summed E-state index contributed by atoms with van der Waals surface area (Å²) >= 11 is 0. The summed E-state index contributed by atoms with van der Waals surface area (Å²) in [5.41, 5.74) is 3.91. The molecule has 1 aliphatic rings. The van der Waals surface area contributed by atoms with E-state index in [1.807, 2.05) is 6.07 Å². The van der Waals surface area contributed by atoms with E-state index in [1.165, 1.54) is 16.7 Å². The van der Waals surface area contributed by atoms with E-state index in [9.17, 15) is 0 Å². The van der Waals surface area contributed by atoms with E-state index >= 15 is 0 Å². The maximum absolute atomic E-state index is 5.19. The molecule has 1 aromatic rings. The zero-order valence-corrected chi connectivity index (χ0v) is 8.58. The van der Waals surface area contributed by atoms with Crippen molar-refractivity contribution in [3.05, 3.63) is 41.0 Å². The van der Waals surface area contributed by atoms with Crippen molar-refractivity contribution in [2.24, 2.45) is 0 Å². The molecule has 0 fully saturated rings. The summed E-state index contributed by atoms with van der Waals surface area (Å²) in [5.74, 6) is 0.918. The second-order valence-electron chi connectivity index (χ2n) is 3.59. The number of fused-ring (bicyclic) bond motifs is 1. The fourth-order valence-corrected chi connectivity index (χ4v) is 1.65. The minimum atomic E-state index is 0.918. The normalized spacial score (nSPS) is 14.3. The Kier molecular flexibility index (Phi) is 2.40. The van der Waals surface area contributed by atoms with Crippen molar-refractivity contribution in [3.8, 4) is 5.75 Å². The third-order valence-electron chi connectivity index (χ3n) is 2.43. The molecule has 1 aromatic carbocycles. The molecular weight excluding hydrogens is 172 g/mol. The van der Waals surface area contributed by atoms with Gasteiger partial charge in [-0.1, -0.05) is 29.9 Å². The molecule has 0 aliphatic heterocycles. The van der Waals surface area contributed by atoms with E-state index in [2.05, 4.69) is 37.3 Å². The van der Waals surface area contributed by atoms with Crippen LogP contribution in [0, 0.1) is 0 Å². The number of hydrogen-bond donors (Lipinski definition) is 0. The van der Waals surface area contributed by atoms with E-state index in [1.54, 1.807) is 7.11 Å². The van der Waals surface area contributed by atoms with E-state index in [0.29, 0.717) is 0 Å². The molecule has 0 heterocycles. The summed E-state index contributed by atoms with van der Waals surface area (Å²) < 4.78 is 5.19. The Bertz CT molecular complexity index is 400. The van der Waals surface area contributed by atoms with E-state index in [0.717, 1.165) is 12.2 Å². The second kappa shape index (κ2) is 3.70. The molecule has 0 radical (unpaired) electrons. The lowest BCUT2D eigenvalue weighted by Crippen LogP contribution is -1.85. The molecule has 0 unspecified atom stereocenters. The van der Waals surface area contributed by atoms with Gasteiger partial charge in [0.2, 0.25) is 0 Å². The average Bonchev–Trinajstić information content (AvgIpc) is 2.37. The first-order valence-corrected chi connectivity index (χ1v) is 4.81. The van der Waals surface area contributed by atoms with Crippen LogP contribution in [0.5, 0.6) is 5.75 Å². The van der Waals surface area contributed by atoms with Gasteiger partial charge in [-0.15, -0.1) is 0 Å². The number of ether oxygens (including phenoxy) is 1. The van der Waals surface area contributed by atoms with E-state index in [-0.39, 0.29) is 0 Å². The second-order valence-corrected chi connectivity index (χ2v) is 3.59. The van der Waals surface area contributed by atoms with Gasteiger partial charge in [0.15, 0.2) is 0 Å². The predicted molar refractivity (Wildman–Crippen MR) is 60.3 cm³/mol. The van der Waals surface area contributed by atoms with Gasteiger partial charge < -0.3 is 4.74 Å². The van der Waals surface area contributed by atoms with Gasteiger partial charge >= 0.3 is 0 Å². The van der Waals surface area contributed by atoms with Crippen LogP contribution in [0.4, 0.5) is 0 Å². The van der Waals surface area contributed by atoms with Crippen LogP contribution in [-0.2, 0) is 0 Å². The average molecular weight is 186 g/mol. The Morgan fingerprint density at radius 1 is 1.21 bits per heavy atom. The molecule has 1 heteroatoms. The number of rotatable bonds is 1. The van der Waals surface area contributed by atoms with Crippen LogP contribution in [0.15, 0.2) is 29.8 Å². The molecule has 0 spiro atoms. The van der Waals surface area contributed by atoms with Gasteiger partial charge in [0.05, 0.1) is 7.11 Å². The molecule has 0 saturated heterocycles. The highest BCUT2D eigenvalue weighted by Gasteiger charge is 2.02. The monoisotopic (exact) mass is 186 g/mol. The minimum absolute atomic E-state index is 0.918. The van der Waals surface area contributed by atoms with Crippen molar-refractivity contribution in [2.75, 3.05) is 7.11 Å². The molecule has 14 heavy (non-hydrogen) atoms. The fourth-order valence-electron chi connectivity index (χ4n) is 1.65. The van der Waals surface area contributed by atoms with Gasteiger partial charge in [0.25, 0.3) is 0 Å². The summed E-state index contributed by atoms with van der Waals surface area (Å²) in [6, 6.07) is 6.18. The molecule has 0 N–H and O–H groups in total. The molecule has 0 amide bonds. The van der Waals surface area contributed by atoms with Crippen molar-refractivity contribution in [2.45, 2.75) is 13.3 Å². The SMILES string of the molecule is COc1ccc2c(c1)C=CCC(C)=C2. The van der Waals surface area contributed by atoms with E-state index < -0.39 is 0 Å². The lowest BCUT2D eigenvalue weighted by Gasteiger charge is -2.04. The Labute approximate surface area is 84.7 Å². The predicted octanol–water partition coefficient (Wildman–Crippen LogP) is 3.52. The molecule has 2 rings (SSSR count). The zero-order chi connectivity index (χ0) is 9.97. The first kappa shape index (κ1) is 9.07. The molecule has 0 bridgehead atoms. The standard InChI is InChI=1S/C13H14O/c1-10-4-3-5-11-9-13(14-2)7-6-12(11)8-10/h3,5-9H,4H2,1-2H3. The Morgan fingerprint density at radius 2 is 2.07 bits per heavy atom. The van der Waals surface area contributed by atoms with Gasteiger partial charge in [-0.25, -0.2) is 0 Å². The lowest BCUT2D eigenvalue weighted by atomic mass is 10.1. The molecule has 1 aliphatic carbocycles. The summed E-state index contributed by atoms with van der Waals surface area (Å²) in [6.07, 6.45) is 7.62. The highest BCUT2D eigenvalue weighted by Crippen LogP contribution is 2.24. The van der Waals surface area contributed by atoms with Crippen molar-refractivity contribution < 1.29 is 4.74 Å². The maximum Gasteiger partial charge on any atom is 0.119 e. The quantitative estimate of drug-likeness (QED) is 0.652. The van der Waals surface area contributed by atoms with Gasteiger partial charge in [0.1, 0.15) is 5.75 Å². The number of hydrogen-bond acceptors (Lipinski definition) is 1. The summed E-state index contributed by atoms with van der Waals surface area (Å²) in [7, 11) is 1.70. The van der Waals surface area contributed by atoms with Crippen LogP contribution in [0.2, 0.25) is 0 Å². The highest BCUT2D eigenvalue weighted by atomic mass is 16.5. The van der Waals surface area contributed by atoms with Crippen LogP contribution in [0.3, 0.4) is 0 Å². The molecule has 0 aromatic heterocycles. The van der Waals surface area contributed by atoms with E-state index in [4.69, 9.17) is 4.74 Å². The largest absolute Gasteiger partial charge is 0.497 e. The third kappa shape index (κ3) is 1.72. The number of methoxy groups -OCH3 is 1. The van der Waals surface area contributed by atoms with Gasteiger partial charge in [-0.2, -0.15) is 0 Å². The number of allylic oxidation sites excluding steroid dienone is 2. The van der Waals surface area contributed by atoms with Crippen molar-refractivity contribution in [3.63, 3.8) is 0 Å². The molecule has 1 nitrogen and oxygen atoms in total. The van der Waals surface area contributed by atoms with Crippen molar-refractivity contribution in [1.29, 1.82) is 0 Å². The smallest absolute Gasteiger partial charge is 0.119 e. The van der Waals surface area contributed by atoms with Crippen LogP contribution in [0.25, 0.3) is 12.2 Å². The van der Waals surface area contributed by atoms with Gasteiger partial charge in [-0.05, 0) is 36.6 Å². The number of benzene rings is 1. The lowest BCUT2D eigenvalue weighted by molar-refractivity contribution is 0.414. The summed E-state index contributed by atoms with van der Waals surface area (Å²) in [5, 5.41) is 0. The molecular formula is C13H14O. The van der Waals surface area contributed by atoms with Crippen LogP contribution in [0.1, 0.15) is 24.5 Å². The zero-order valence-electron chi connectivity index (χ0n) is 8.58.